The first kappa shape index (κ1) is 23.5. The Bertz CT molecular complexity index is 1070. The summed E-state index contributed by atoms with van der Waals surface area (Å²) < 4.78 is 12.5. The normalized spacial score (nSPS) is 11.9. The molecule has 0 fully saturated rings. The Morgan fingerprint density at radius 2 is 1.88 bits per heavy atom. The Balaban J connectivity index is 1.60. The number of nitrogens with one attached hydrogen (secondary N) is 1. The number of carbonyl (C=O) groups excluding carboxylic acids is 1. The number of thioether (sulfide) groups is 1. The summed E-state index contributed by atoms with van der Waals surface area (Å²) >= 11 is 1.22. The number of nitrogen functional groups attached to an aromatic ring is 1. The predicted octanol–water partition coefficient (Wildman–Crippen LogP) is 4.13. The zero-order valence-corrected chi connectivity index (χ0v) is 19.8. The molecule has 1 atom stereocenters. The Labute approximate surface area is 192 Å². The molecule has 170 valence electrons. The van der Waals surface area contributed by atoms with Gasteiger partial charge >= 0.3 is 0 Å². The van der Waals surface area contributed by atoms with Crippen LogP contribution in [0.1, 0.15) is 43.6 Å². The van der Waals surface area contributed by atoms with Gasteiger partial charge in [0.25, 0.3) is 0 Å². The standard InChI is InChI=1S/C23H29N5O3S/c1-14(2)17-7-9-18(10-8-17)31-13-21-26-27-23(28(21)24)32-16(4)22(29)25-19-12-15(3)6-11-20(19)30-5/h6-12,14,16H,13,24H2,1-5H3,(H,25,29). The third-order valence-electron chi connectivity index (χ3n) is 4.91. The third kappa shape index (κ3) is 5.73. The number of aromatic nitrogens is 3. The van der Waals surface area contributed by atoms with Gasteiger partial charge in [-0.05, 0) is 55.2 Å². The van der Waals surface area contributed by atoms with Crippen LogP contribution >= 0.6 is 11.8 Å². The summed E-state index contributed by atoms with van der Waals surface area (Å²) in [4.78, 5) is 12.7. The van der Waals surface area contributed by atoms with Crippen molar-refractivity contribution in [3.05, 3.63) is 59.4 Å². The summed E-state index contributed by atoms with van der Waals surface area (Å²) in [7, 11) is 1.57. The second-order valence-corrected chi connectivity index (χ2v) is 9.04. The van der Waals surface area contributed by atoms with Gasteiger partial charge in [-0.15, -0.1) is 10.2 Å². The number of methoxy groups -OCH3 is 1. The van der Waals surface area contributed by atoms with Crippen LogP contribution < -0.4 is 20.6 Å². The lowest BCUT2D eigenvalue weighted by Crippen LogP contribution is -2.24. The lowest BCUT2D eigenvalue weighted by atomic mass is 10.0. The van der Waals surface area contributed by atoms with E-state index in [0.717, 1.165) is 11.3 Å². The number of rotatable bonds is 9. The smallest absolute Gasteiger partial charge is 0.237 e. The van der Waals surface area contributed by atoms with E-state index in [9.17, 15) is 4.79 Å². The molecule has 0 aliphatic rings. The van der Waals surface area contributed by atoms with E-state index in [4.69, 9.17) is 15.3 Å². The fourth-order valence-electron chi connectivity index (χ4n) is 2.95. The maximum atomic E-state index is 12.7. The van der Waals surface area contributed by atoms with Gasteiger partial charge < -0.3 is 20.6 Å². The summed E-state index contributed by atoms with van der Waals surface area (Å²) in [5.41, 5.74) is 2.89. The predicted molar refractivity (Wildman–Crippen MR) is 127 cm³/mol. The Morgan fingerprint density at radius 3 is 2.53 bits per heavy atom. The molecule has 0 saturated carbocycles. The van der Waals surface area contributed by atoms with Gasteiger partial charge in [0.05, 0.1) is 18.0 Å². The minimum Gasteiger partial charge on any atom is -0.495 e. The fraction of sp³-hybridized carbons (Fsp3) is 0.348. The molecule has 1 aromatic heterocycles. The summed E-state index contributed by atoms with van der Waals surface area (Å²) in [5, 5.41) is 11.1. The molecular weight excluding hydrogens is 426 g/mol. The number of hydrogen-bond donors (Lipinski definition) is 2. The first-order chi connectivity index (χ1) is 15.3. The number of benzene rings is 2. The molecule has 0 saturated heterocycles. The molecule has 3 aromatic rings. The molecule has 0 spiro atoms. The van der Waals surface area contributed by atoms with E-state index in [2.05, 4.69) is 29.4 Å². The van der Waals surface area contributed by atoms with Crippen molar-refractivity contribution < 1.29 is 14.3 Å². The Morgan fingerprint density at radius 1 is 1.16 bits per heavy atom. The third-order valence-corrected chi connectivity index (χ3v) is 5.97. The minimum atomic E-state index is -0.455. The molecule has 3 rings (SSSR count). The zero-order chi connectivity index (χ0) is 23.3. The van der Waals surface area contributed by atoms with Crippen LogP contribution in [0.25, 0.3) is 0 Å². The van der Waals surface area contributed by atoms with Crippen LogP contribution in [0.5, 0.6) is 11.5 Å². The maximum absolute atomic E-state index is 12.7. The second-order valence-electron chi connectivity index (χ2n) is 7.73. The number of carbonyl (C=O) groups is 1. The molecule has 1 unspecified atom stereocenters. The van der Waals surface area contributed by atoms with Crippen molar-refractivity contribution in [3.8, 4) is 11.5 Å². The van der Waals surface area contributed by atoms with Crippen LogP contribution in [0.3, 0.4) is 0 Å². The van der Waals surface area contributed by atoms with Crippen molar-refractivity contribution >= 4 is 23.4 Å². The Hall–Kier alpha value is -3.20. The molecule has 9 heteroatoms. The molecular formula is C23H29N5O3S. The van der Waals surface area contributed by atoms with E-state index in [1.165, 1.54) is 22.0 Å². The van der Waals surface area contributed by atoms with Gasteiger partial charge in [-0.2, -0.15) is 0 Å². The quantitative estimate of drug-likeness (QED) is 0.369. The van der Waals surface area contributed by atoms with Gasteiger partial charge in [0.15, 0.2) is 5.82 Å². The number of aryl methyl sites for hydroxylation is 1. The molecule has 1 amide bonds. The van der Waals surface area contributed by atoms with Gasteiger partial charge in [0, 0.05) is 0 Å². The van der Waals surface area contributed by atoms with Gasteiger partial charge in [-0.25, -0.2) is 4.68 Å². The molecule has 3 N–H and O–H groups in total. The topological polar surface area (TPSA) is 104 Å². The summed E-state index contributed by atoms with van der Waals surface area (Å²) in [5.74, 6) is 8.20. The molecule has 0 aliphatic heterocycles. The van der Waals surface area contributed by atoms with Gasteiger partial charge in [0.2, 0.25) is 11.1 Å². The number of amides is 1. The summed E-state index contributed by atoms with van der Waals surface area (Å²) in [6, 6.07) is 13.5. The van der Waals surface area contributed by atoms with E-state index in [0.29, 0.717) is 28.3 Å². The molecule has 8 nitrogen and oxygen atoms in total. The van der Waals surface area contributed by atoms with Crippen molar-refractivity contribution in [1.82, 2.24) is 14.9 Å². The van der Waals surface area contributed by atoms with Crippen LogP contribution in [0.15, 0.2) is 47.6 Å². The van der Waals surface area contributed by atoms with Crippen LogP contribution in [-0.2, 0) is 11.4 Å². The van der Waals surface area contributed by atoms with E-state index in [-0.39, 0.29) is 12.5 Å². The molecule has 0 aliphatic carbocycles. The number of nitrogens with two attached hydrogens (primary N) is 1. The van der Waals surface area contributed by atoms with Gasteiger partial charge in [-0.3, -0.25) is 4.79 Å². The average molecular weight is 456 g/mol. The van der Waals surface area contributed by atoms with Crippen LogP contribution in [0.2, 0.25) is 0 Å². The number of hydrogen-bond acceptors (Lipinski definition) is 7. The number of ether oxygens (including phenoxy) is 2. The number of nitrogens with zero attached hydrogens (tertiary/aromatic N) is 3. The number of anilines is 1. The van der Waals surface area contributed by atoms with Crippen molar-refractivity contribution in [2.75, 3.05) is 18.3 Å². The highest BCUT2D eigenvalue weighted by molar-refractivity contribution is 8.00. The largest absolute Gasteiger partial charge is 0.495 e. The molecule has 0 radical (unpaired) electrons. The maximum Gasteiger partial charge on any atom is 0.237 e. The average Bonchev–Trinajstić information content (AvgIpc) is 3.11. The first-order valence-electron chi connectivity index (χ1n) is 10.3. The molecule has 2 aromatic carbocycles. The lowest BCUT2D eigenvalue weighted by molar-refractivity contribution is -0.115. The lowest BCUT2D eigenvalue weighted by Gasteiger charge is -2.14. The van der Waals surface area contributed by atoms with Crippen LogP contribution in [-0.4, -0.2) is 33.1 Å². The van der Waals surface area contributed by atoms with Crippen molar-refractivity contribution in [2.24, 2.45) is 0 Å². The summed E-state index contributed by atoms with van der Waals surface area (Å²) in [6.45, 7) is 8.19. The van der Waals surface area contributed by atoms with E-state index in [1.807, 2.05) is 49.4 Å². The monoisotopic (exact) mass is 455 g/mol. The van der Waals surface area contributed by atoms with Crippen molar-refractivity contribution in [2.45, 2.75) is 50.6 Å². The second kappa shape index (κ2) is 10.4. The highest BCUT2D eigenvalue weighted by Gasteiger charge is 2.21. The fourth-order valence-corrected chi connectivity index (χ4v) is 3.74. The van der Waals surface area contributed by atoms with Crippen molar-refractivity contribution in [1.29, 1.82) is 0 Å². The zero-order valence-electron chi connectivity index (χ0n) is 19.0. The van der Waals surface area contributed by atoms with Crippen molar-refractivity contribution in [3.63, 3.8) is 0 Å². The molecule has 32 heavy (non-hydrogen) atoms. The van der Waals surface area contributed by atoms with Gasteiger partial charge in [0.1, 0.15) is 18.1 Å². The van der Waals surface area contributed by atoms with Gasteiger partial charge in [-0.1, -0.05) is 43.8 Å². The van der Waals surface area contributed by atoms with Crippen LogP contribution in [0.4, 0.5) is 5.69 Å². The first-order valence-corrected chi connectivity index (χ1v) is 11.2. The van der Waals surface area contributed by atoms with Crippen LogP contribution in [0, 0.1) is 6.92 Å². The van der Waals surface area contributed by atoms with E-state index < -0.39 is 5.25 Å². The minimum absolute atomic E-state index is 0.173. The van der Waals surface area contributed by atoms with E-state index in [1.54, 1.807) is 14.0 Å². The Kier molecular flexibility index (Phi) is 7.63. The molecule has 1 heterocycles. The SMILES string of the molecule is COc1ccc(C)cc1NC(=O)C(C)Sc1nnc(COc2ccc(C(C)C)cc2)n1N. The molecule has 0 bridgehead atoms. The summed E-state index contributed by atoms with van der Waals surface area (Å²) in [6.07, 6.45) is 0. The highest BCUT2D eigenvalue weighted by Crippen LogP contribution is 2.28. The highest BCUT2D eigenvalue weighted by atomic mass is 32.2. The van der Waals surface area contributed by atoms with E-state index >= 15 is 0 Å².